The number of ketones is 1. The molecule has 0 spiro atoms. The average molecular weight is 367 g/mol. The second kappa shape index (κ2) is 7.94. The van der Waals surface area contributed by atoms with Crippen LogP contribution in [0.4, 0.5) is 5.82 Å². The number of aryl methyl sites for hydroxylation is 1. The molecule has 3 aromatic rings. The molecule has 0 radical (unpaired) electrons. The fourth-order valence-corrected chi connectivity index (χ4v) is 2.86. The van der Waals surface area contributed by atoms with E-state index in [-0.39, 0.29) is 23.7 Å². The molecule has 3 rings (SSSR count). The zero-order valence-corrected chi connectivity index (χ0v) is 15.5. The largest absolute Gasteiger partial charge is 0.360 e. The van der Waals surface area contributed by atoms with Gasteiger partial charge in [-0.25, -0.2) is 9.61 Å². The summed E-state index contributed by atoms with van der Waals surface area (Å²) >= 11 is 0. The van der Waals surface area contributed by atoms with Gasteiger partial charge in [-0.3, -0.25) is 14.2 Å². The Labute approximate surface area is 156 Å². The van der Waals surface area contributed by atoms with Crippen LogP contribution >= 0.6 is 0 Å². The predicted octanol–water partition coefficient (Wildman–Crippen LogP) is 2.75. The maximum absolute atomic E-state index is 12.9. The Balaban J connectivity index is 2.06. The first kappa shape index (κ1) is 18.5. The fraction of sp³-hybridized carbons (Fsp3) is 0.316. The normalized spacial score (nSPS) is 12.0. The van der Waals surface area contributed by atoms with Crippen molar-refractivity contribution >= 4 is 11.6 Å². The Bertz CT molecular complexity index is 994. The zero-order valence-electron chi connectivity index (χ0n) is 15.5. The van der Waals surface area contributed by atoms with Gasteiger partial charge in [0.2, 0.25) is 0 Å². The lowest BCUT2D eigenvalue weighted by atomic mass is 10.1. The minimum absolute atomic E-state index is 0.0766. The number of rotatable bonds is 7. The summed E-state index contributed by atoms with van der Waals surface area (Å²) in [6.07, 6.45) is 2.15. The van der Waals surface area contributed by atoms with Gasteiger partial charge >= 0.3 is 0 Å². The first-order valence-electron chi connectivity index (χ1n) is 8.72. The average Bonchev–Trinajstić information content (AvgIpc) is 3.08. The number of hydrogen-bond acceptors (Lipinski definition) is 7. The van der Waals surface area contributed by atoms with Gasteiger partial charge in [-0.2, -0.15) is 0 Å². The van der Waals surface area contributed by atoms with Gasteiger partial charge in [0.1, 0.15) is 11.4 Å². The molecule has 1 N–H and O–H groups in total. The van der Waals surface area contributed by atoms with E-state index in [9.17, 15) is 9.59 Å². The van der Waals surface area contributed by atoms with Gasteiger partial charge in [-0.15, -0.1) is 0 Å². The van der Waals surface area contributed by atoms with E-state index < -0.39 is 6.04 Å². The first-order valence-corrected chi connectivity index (χ1v) is 8.72. The molecule has 2 aromatic heterocycles. The van der Waals surface area contributed by atoms with Crippen molar-refractivity contribution in [1.29, 1.82) is 0 Å². The Morgan fingerprint density at radius 1 is 1.26 bits per heavy atom. The van der Waals surface area contributed by atoms with Crippen molar-refractivity contribution in [3.05, 3.63) is 58.3 Å². The number of hydrogen-bond donors (Lipinski definition) is 1. The number of benzene rings is 1. The van der Waals surface area contributed by atoms with Crippen LogP contribution < -0.4 is 10.9 Å². The molecule has 0 fully saturated rings. The zero-order chi connectivity index (χ0) is 19.4. The van der Waals surface area contributed by atoms with Gasteiger partial charge in [0, 0.05) is 11.8 Å². The summed E-state index contributed by atoms with van der Waals surface area (Å²) in [4.78, 5) is 29.4. The molecule has 0 aliphatic rings. The Morgan fingerprint density at radius 2 is 2.00 bits per heavy atom. The number of nitrogens with one attached hydrogen (secondary N) is 1. The van der Waals surface area contributed by atoms with Crippen LogP contribution in [-0.2, 0) is 11.3 Å². The molecule has 8 nitrogen and oxygen atoms in total. The van der Waals surface area contributed by atoms with Crippen molar-refractivity contribution in [3.8, 4) is 11.3 Å². The maximum Gasteiger partial charge on any atom is 0.294 e. The molecule has 2 heterocycles. The lowest BCUT2D eigenvalue weighted by Gasteiger charge is -2.18. The number of carbonyl (C=O) groups is 1. The van der Waals surface area contributed by atoms with Gasteiger partial charge in [0.25, 0.3) is 5.56 Å². The van der Waals surface area contributed by atoms with E-state index in [0.717, 1.165) is 5.56 Å². The van der Waals surface area contributed by atoms with E-state index in [1.54, 1.807) is 13.1 Å². The molecule has 140 valence electrons. The topological polar surface area (TPSA) is 103 Å². The molecule has 0 bridgehead atoms. The number of carbonyl (C=O) groups excluding carboxylic acids is 1. The molecule has 0 amide bonds. The van der Waals surface area contributed by atoms with Crippen LogP contribution in [0.2, 0.25) is 0 Å². The summed E-state index contributed by atoms with van der Waals surface area (Å²) in [6.45, 7) is 5.37. The molecule has 8 heteroatoms. The SMILES string of the molecule is CCC(C(C)=O)n1cc(-c2ccccc2)nc(NCc2nonc2C)c1=O. The van der Waals surface area contributed by atoms with E-state index in [2.05, 4.69) is 25.2 Å². The summed E-state index contributed by atoms with van der Waals surface area (Å²) in [5.74, 6) is 0.0748. The van der Waals surface area contributed by atoms with E-state index in [1.807, 2.05) is 37.3 Å². The highest BCUT2D eigenvalue weighted by molar-refractivity contribution is 5.80. The molecular formula is C19H21N5O3. The van der Waals surface area contributed by atoms with Gasteiger partial charge in [-0.05, 0) is 20.3 Å². The molecule has 1 aromatic carbocycles. The van der Waals surface area contributed by atoms with Gasteiger partial charge in [0.05, 0.1) is 18.3 Å². The minimum atomic E-state index is -0.543. The van der Waals surface area contributed by atoms with Crippen LogP contribution in [0.1, 0.15) is 37.7 Å². The second-order valence-corrected chi connectivity index (χ2v) is 6.24. The van der Waals surface area contributed by atoms with Crippen molar-refractivity contribution in [2.75, 3.05) is 5.32 Å². The van der Waals surface area contributed by atoms with Gasteiger partial charge in [0.15, 0.2) is 11.6 Å². The van der Waals surface area contributed by atoms with E-state index in [4.69, 9.17) is 0 Å². The molecule has 1 atom stereocenters. The van der Waals surface area contributed by atoms with Crippen molar-refractivity contribution in [2.24, 2.45) is 0 Å². The lowest BCUT2D eigenvalue weighted by molar-refractivity contribution is -0.120. The van der Waals surface area contributed by atoms with E-state index >= 15 is 0 Å². The summed E-state index contributed by atoms with van der Waals surface area (Å²) in [7, 11) is 0. The van der Waals surface area contributed by atoms with Crippen molar-refractivity contribution in [1.82, 2.24) is 19.9 Å². The maximum atomic E-state index is 12.9. The van der Waals surface area contributed by atoms with Gasteiger partial charge in [-0.1, -0.05) is 47.6 Å². The molecule has 0 aliphatic heterocycles. The standard InChI is InChI=1S/C19H21N5O3/c1-4-17(13(3)25)24-11-16(14-8-6-5-7-9-14)21-18(19(24)26)20-10-15-12(2)22-27-23-15/h5-9,11,17H,4,10H2,1-3H3,(H,20,21). The molecule has 0 saturated carbocycles. The van der Waals surface area contributed by atoms with Crippen LogP contribution in [0.3, 0.4) is 0 Å². The summed E-state index contributed by atoms with van der Waals surface area (Å²) < 4.78 is 6.13. The van der Waals surface area contributed by atoms with Crippen molar-refractivity contribution < 1.29 is 9.42 Å². The van der Waals surface area contributed by atoms with E-state index in [1.165, 1.54) is 11.5 Å². The molecular weight excluding hydrogens is 346 g/mol. The van der Waals surface area contributed by atoms with Crippen molar-refractivity contribution in [2.45, 2.75) is 39.8 Å². The molecule has 0 aliphatic carbocycles. The van der Waals surface area contributed by atoms with Gasteiger partial charge < -0.3 is 5.32 Å². The van der Waals surface area contributed by atoms with Crippen LogP contribution in [0.5, 0.6) is 0 Å². The Kier molecular flexibility index (Phi) is 5.44. The van der Waals surface area contributed by atoms with Crippen LogP contribution in [0, 0.1) is 6.92 Å². The summed E-state index contributed by atoms with van der Waals surface area (Å²) in [5, 5.41) is 10.5. The third-order valence-electron chi connectivity index (χ3n) is 4.36. The monoisotopic (exact) mass is 367 g/mol. The molecule has 1 unspecified atom stereocenters. The number of nitrogens with zero attached hydrogens (tertiary/aromatic N) is 4. The van der Waals surface area contributed by atoms with Crippen LogP contribution in [0.15, 0.2) is 46.0 Å². The summed E-state index contributed by atoms with van der Waals surface area (Å²) in [6, 6.07) is 8.96. The minimum Gasteiger partial charge on any atom is -0.360 e. The predicted molar refractivity (Wildman–Crippen MR) is 100 cm³/mol. The van der Waals surface area contributed by atoms with Crippen molar-refractivity contribution in [3.63, 3.8) is 0 Å². The highest BCUT2D eigenvalue weighted by Crippen LogP contribution is 2.20. The third-order valence-corrected chi connectivity index (χ3v) is 4.36. The molecule has 0 saturated heterocycles. The van der Waals surface area contributed by atoms with Crippen LogP contribution in [0.25, 0.3) is 11.3 Å². The quantitative estimate of drug-likeness (QED) is 0.685. The Hall–Kier alpha value is -3.29. The van der Waals surface area contributed by atoms with Crippen LogP contribution in [-0.4, -0.2) is 25.6 Å². The highest BCUT2D eigenvalue weighted by Gasteiger charge is 2.20. The first-order chi connectivity index (χ1) is 13.0. The lowest BCUT2D eigenvalue weighted by Crippen LogP contribution is -2.31. The number of anilines is 1. The number of aromatic nitrogens is 4. The molecule has 27 heavy (non-hydrogen) atoms. The smallest absolute Gasteiger partial charge is 0.294 e. The highest BCUT2D eigenvalue weighted by atomic mass is 16.6. The Morgan fingerprint density at radius 3 is 2.59 bits per heavy atom. The van der Waals surface area contributed by atoms with E-state index in [0.29, 0.717) is 23.5 Å². The third kappa shape index (κ3) is 3.94. The number of Topliss-reactive ketones (excluding diaryl/α,β-unsaturated/α-hetero) is 1. The second-order valence-electron chi connectivity index (χ2n) is 6.24. The fourth-order valence-electron chi connectivity index (χ4n) is 2.86. The summed E-state index contributed by atoms with van der Waals surface area (Å²) in [5.41, 5.74) is 2.33.